The molecule has 4 aliphatic carbocycles. The predicted molar refractivity (Wildman–Crippen MR) is 156 cm³/mol. The van der Waals surface area contributed by atoms with Gasteiger partial charge in [-0.3, -0.25) is 4.79 Å². The van der Waals surface area contributed by atoms with E-state index >= 15 is 0 Å². The number of phenolic OH excluding ortho intramolecular Hbond substituents is 1. The molecule has 3 saturated carbocycles. The molecule has 4 aliphatic rings. The van der Waals surface area contributed by atoms with Gasteiger partial charge in [0, 0.05) is 11.8 Å². The maximum atomic E-state index is 12.6. The van der Waals surface area contributed by atoms with Gasteiger partial charge in [0.1, 0.15) is 17.5 Å². The molecule has 0 unspecified atom stereocenters. The van der Waals surface area contributed by atoms with Crippen molar-refractivity contribution in [2.75, 3.05) is 13.2 Å². The highest BCUT2D eigenvalue weighted by atomic mass is 16.6. The Kier molecular flexibility index (Phi) is 8.07. The van der Waals surface area contributed by atoms with Gasteiger partial charge < -0.3 is 25.1 Å². The minimum absolute atomic E-state index is 0.00149. The first-order chi connectivity index (χ1) is 19.5. The lowest BCUT2D eigenvalue weighted by Gasteiger charge is -2.58. The molecule has 8 heteroatoms. The summed E-state index contributed by atoms with van der Waals surface area (Å²) in [5, 5.41) is 27.6. The third kappa shape index (κ3) is 5.55. The maximum absolute atomic E-state index is 12.6. The van der Waals surface area contributed by atoms with E-state index in [-0.39, 0.29) is 36.2 Å². The molecular weight excluding hydrogens is 520 g/mol. The van der Waals surface area contributed by atoms with Crippen LogP contribution in [-0.2, 0) is 25.6 Å². The number of benzene rings is 1. The number of allylic oxidation sites excluding steroid dienone is 4. The number of ether oxygens (including phenoxy) is 1. The molecule has 5 rings (SSSR count). The van der Waals surface area contributed by atoms with E-state index < -0.39 is 23.5 Å². The Labute approximate surface area is 242 Å². The first-order valence-electron chi connectivity index (χ1n) is 15.0. The first kappa shape index (κ1) is 29.4. The van der Waals surface area contributed by atoms with Gasteiger partial charge in [-0.05, 0) is 105 Å². The van der Waals surface area contributed by atoms with Crippen LogP contribution in [0.5, 0.6) is 5.75 Å². The number of carbonyl (C=O) groups is 2. The third-order valence-corrected chi connectivity index (χ3v) is 10.8. The number of hydrogen-bond donors (Lipinski definition) is 3. The van der Waals surface area contributed by atoms with Crippen LogP contribution in [0.4, 0.5) is 0 Å². The number of phenols is 1. The van der Waals surface area contributed by atoms with Crippen molar-refractivity contribution in [3.8, 4) is 5.75 Å². The number of oxime groups is 1. The largest absolute Gasteiger partial charge is 0.508 e. The highest BCUT2D eigenvalue weighted by molar-refractivity contribution is 6.05. The number of amides is 1. The van der Waals surface area contributed by atoms with Crippen LogP contribution in [-0.4, -0.2) is 52.7 Å². The van der Waals surface area contributed by atoms with Crippen molar-refractivity contribution in [1.29, 1.82) is 0 Å². The molecule has 8 nitrogen and oxygen atoms in total. The Morgan fingerprint density at radius 3 is 2.56 bits per heavy atom. The van der Waals surface area contributed by atoms with Gasteiger partial charge in [0.25, 0.3) is 5.91 Å². The van der Waals surface area contributed by atoms with Gasteiger partial charge in [-0.15, -0.1) is 0 Å². The van der Waals surface area contributed by atoms with Crippen molar-refractivity contribution < 1.29 is 29.4 Å². The molecule has 3 fully saturated rings. The zero-order chi connectivity index (χ0) is 29.4. The summed E-state index contributed by atoms with van der Waals surface area (Å²) in [6.45, 7) is 8.29. The minimum atomic E-state index is -0.878. The third-order valence-electron chi connectivity index (χ3n) is 10.8. The average molecular weight is 565 g/mol. The van der Waals surface area contributed by atoms with E-state index in [1.165, 1.54) is 17.7 Å². The Hall–Kier alpha value is -3.13. The van der Waals surface area contributed by atoms with Crippen molar-refractivity contribution in [3.05, 3.63) is 53.6 Å². The number of carbonyl (C=O) groups excluding carboxylic acids is 2. The molecular formula is C33H44N2O6. The molecule has 0 radical (unpaired) electrons. The topological polar surface area (TPSA) is 117 Å². The molecule has 1 aromatic rings. The van der Waals surface area contributed by atoms with E-state index in [0.717, 1.165) is 44.1 Å². The molecule has 0 bridgehead atoms. The van der Waals surface area contributed by atoms with E-state index in [4.69, 9.17) is 9.57 Å². The molecule has 0 aromatic heterocycles. The number of hydrogen-bond acceptors (Lipinski definition) is 7. The summed E-state index contributed by atoms with van der Waals surface area (Å²) in [6, 6.07) is 5.59. The molecule has 222 valence electrons. The van der Waals surface area contributed by atoms with Crippen molar-refractivity contribution in [3.63, 3.8) is 0 Å². The molecule has 0 heterocycles. The van der Waals surface area contributed by atoms with Crippen LogP contribution in [0.25, 0.3) is 0 Å². The van der Waals surface area contributed by atoms with Gasteiger partial charge in [0.2, 0.25) is 0 Å². The smallest absolute Gasteiger partial charge is 0.328 e. The Morgan fingerprint density at radius 2 is 1.83 bits per heavy atom. The molecule has 1 aromatic carbocycles. The molecule has 0 saturated heterocycles. The second-order valence-electron chi connectivity index (χ2n) is 13.0. The van der Waals surface area contributed by atoms with Crippen molar-refractivity contribution in [2.24, 2.45) is 33.7 Å². The fourth-order valence-electron chi connectivity index (χ4n) is 8.21. The molecule has 7 atom stereocenters. The Balaban J connectivity index is 1.19. The molecule has 0 aliphatic heterocycles. The quantitative estimate of drug-likeness (QED) is 0.307. The van der Waals surface area contributed by atoms with Gasteiger partial charge >= 0.3 is 5.97 Å². The number of rotatable bonds is 8. The summed E-state index contributed by atoms with van der Waals surface area (Å²) in [5.41, 5.74) is 2.21. The molecule has 0 spiro atoms. The van der Waals surface area contributed by atoms with E-state index in [2.05, 4.69) is 36.5 Å². The summed E-state index contributed by atoms with van der Waals surface area (Å²) in [7, 11) is 0. The van der Waals surface area contributed by atoms with Crippen LogP contribution in [0.3, 0.4) is 0 Å². The highest BCUT2D eigenvalue weighted by Gasteiger charge is 2.62. The standard InChI is InChI=1S/C33H44N2O6/c1-5-40-30(38)28(18-21-6-9-24(36)10-7-21)34-29(37)20-41-35-23-12-15-31(2)22(19-23)8-11-25-26(31)13-16-32(3)27(25)14-17-33(32,4)39/h6-7,9-10,12,15,19,25-28,36,39H,5,8,11,13-14,16-18,20H2,1-4H3,(H,34,37)/b35-23-/t25-,26+,27-,28+,31+,32+,33+/m1/s1. The van der Waals surface area contributed by atoms with E-state index in [0.29, 0.717) is 23.5 Å². The number of nitrogens with one attached hydrogen (secondary N) is 1. The van der Waals surface area contributed by atoms with Crippen LogP contribution in [0.15, 0.2) is 53.2 Å². The fraction of sp³-hybridized carbons (Fsp3) is 0.606. The summed E-state index contributed by atoms with van der Waals surface area (Å²) >= 11 is 0. The summed E-state index contributed by atoms with van der Waals surface area (Å²) in [4.78, 5) is 30.5. The van der Waals surface area contributed by atoms with Crippen LogP contribution in [0.1, 0.15) is 71.8 Å². The van der Waals surface area contributed by atoms with Gasteiger partial charge in [-0.2, -0.15) is 0 Å². The van der Waals surface area contributed by atoms with E-state index in [1.807, 2.05) is 13.0 Å². The lowest BCUT2D eigenvalue weighted by Crippen LogP contribution is -2.53. The summed E-state index contributed by atoms with van der Waals surface area (Å²) in [5.74, 6) is 0.852. The Bertz CT molecular complexity index is 1250. The SMILES string of the molecule is CCOC(=O)[C@H](Cc1ccc(O)cc1)NC(=O)CO/N=C1/C=C[C@@]2(C)C(=C1)CC[C@H]1[C@H]3CC[C@](C)(O)[C@@]3(C)CC[C@@H]12. The lowest BCUT2D eigenvalue weighted by atomic mass is 9.47. The van der Waals surface area contributed by atoms with Crippen molar-refractivity contribution >= 4 is 17.6 Å². The zero-order valence-electron chi connectivity index (χ0n) is 24.7. The van der Waals surface area contributed by atoms with Gasteiger partial charge in [-0.1, -0.05) is 42.8 Å². The van der Waals surface area contributed by atoms with Gasteiger partial charge in [0.05, 0.1) is 12.2 Å². The van der Waals surface area contributed by atoms with Gasteiger partial charge in [0.15, 0.2) is 6.61 Å². The summed E-state index contributed by atoms with van der Waals surface area (Å²) in [6.07, 6.45) is 12.9. The fourth-order valence-corrected chi connectivity index (χ4v) is 8.21. The van der Waals surface area contributed by atoms with Crippen LogP contribution >= 0.6 is 0 Å². The number of aliphatic hydroxyl groups is 1. The Morgan fingerprint density at radius 1 is 1.10 bits per heavy atom. The van der Waals surface area contributed by atoms with Gasteiger partial charge in [-0.25, -0.2) is 4.79 Å². The first-order valence-corrected chi connectivity index (χ1v) is 15.0. The monoisotopic (exact) mass is 564 g/mol. The maximum Gasteiger partial charge on any atom is 0.328 e. The lowest BCUT2D eigenvalue weighted by molar-refractivity contribution is -0.147. The second-order valence-corrected chi connectivity index (χ2v) is 13.0. The van der Waals surface area contributed by atoms with Crippen molar-refractivity contribution in [1.82, 2.24) is 5.32 Å². The van der Waals surface area contributed by atoms with Crippen LogP contribution < -0.4 is 5.32 Å². The zero-order valence-corrected chi connectivity index (χ0v) is 24.7. The minimum Gasteiger partial charge on any atom is -0.508 e. The molecule has 3 N–H and O–H groups in total. The van der Waals surface area contributed by atoms with Crippen LogP contribution in [0.2, 0.25) is 0 Å². The van der Waals surface area contributed by atoms with E-state index in [9.17, 15) is 19.8 Å². The summed E-state index contributed by atoms with van der Waals surface area (Å²) < 4.78 is 5.14. The number of fused-ring (bicyclic) bond motifs is 5. The van der Waals surface area contributed by atoms with Crippen molar-refractivity contribution in [2.45, 2.75) is 84.3 Å². The average Bonchev–Trinajstić information content (AvgIpc) is 3.18. The second kappa shape index (κ2) is 11.3. The number of esters is 1. The van der Waals surface area contributed by atoms with Crippen LogP contribution in [0, 0.1) is 28.6 Å². The number of aromatic hydroxyl groups is 1. The highest BCUT2D eigenvalue weighted by Crippen LogP contribution is 2.66. The molecule has 41 heavy (non-hydrogen) atoms. The normalized spacial score (nSPS) is 35.5. The number of nitrogens with zero attached hydrogens (tertiary/aromatic N) is 1. The molecule has 1 amide bonds. The van der Waals surface area contributed by atoms with E-state index in [1.54, 1.807) is 19.1 Å². The predicted octanol–water partition coefficient (Wildman–Crippen LogP) is 4.85.